The van der Waals surface area contributed by atoms with Crippen LogP contribution in [0.15, 0.2) is 24.3 Å². The highest BCUT2D eigenvalue weighted by atomic mass is 16.6. The van der Waals surface area contributed by atoms with Gasteiger partial charge in [-0.05, 0) is 51.4 Å². The van der Waals surface area contributed by atoms with Gasteiger partial charge in [0.1, 0.15) is 13.2 Å². The van der Waals surface area contributed by atoms with Crippen LogP contribution in [0, 0.1) is 0 Å². The van der Waals surface area contributed by atoms with Crippen LogP contribution in [-0.4, -0.2) is 37.2 Å². The summed E-state index contributed by atoms with van der Waals surface area (Å²) in [4.78, 5) is 37.9. The maximum absolute atomic E-state index is 12.7. The molecule has 0 aliphatic carbocycles. The van der Waals surface area contributed by atoms with Crippen molar-refractivity contribution in [2.24, 2.45) is 0 Å². The van der Waals surface area contributed by atoms with Gasteiger partial charge in [-0.2, -0.15) is 0 Å². The Morgan fingerprint density at radius 2 is 0.545 bits per heavy atom. The number of carbonyl (C=O) groups is 3. The van der Waals surface area contributed by atoms with Gasteiger partial charge in [-0.15, -0.1) is 0 Å². The molecule has 0 fully saturated rings. The second kappa shape index (κ2) is 55.5. The fourth-order valence-electron chi connectivity index (χ4n) is 8.77. The zero-order valence-corrected chi connectivity index (χ0v) is 44.5. The largest absolute Gasteiger partial charge is 0.462 e. The van der Waals surface area contributed by atoms with Crippen molar-refractivity contribution in [2.45, 2.75) is 329 Å². The van der Waals surface area contributed by atoms with E-state index in [9.17, 15) is 14.4 Å². The first-order valence-corrected chi connectivity index (χ1v) is 29.3. The lowest BCUT2D eigenvalue weighted by atomic mass is 10.0. The van der Waals surface area contributed by atoms with Crippen molar-refractivity contribution in [2.75, 3.05) is 13.2 Å². The molecule has 6 heteroatoms. The van der Waals surface area contributed by atoms with Crippen molar-refractivity contribution < 1.29 is 28.6 Å². The predicted molar refractivity (Wildman–Crippen MR) is 284 cm³/mol. The molecule has 388 valence electrons. The van der Waals surface area contributed by atoms with Crippen LogP contribution in [0.5, 0.6) is 0 Å². The molecule has 6 nitrogen and oxygen atoms in total. The Bertz CT molecular complexity index is 1070. The van der Waals surface area contributed by atoms with Crippen molar-refractivity contribution in [3.8, 4) is 0 Å². The van der Waals surface area contributed by atoms with Crippen LogP contribution < -0.4 is 0 Å². The van der Waals surface area contributed by atoms with Gasteiger partial charge >= 0.3 is 17.9 Å². The second-order valence-electron chi connectivity index (χ2n) is 19.9. The van der Waals surface area contributed by atoms with Gasteiger partial charge in [-0.1, -0.05) is 276 Å². The van der Waals surface area contributed by atoms with E-state index in [4.69, 9.17) is 14.2 Å². The van der Waals surface area contributed by atoms with Crippen molar-refractivity contribution in [1.82, 2.24) is 0 Å². The number of ether oxygens (including phenoxy) is 3. The average molecular weight is 930 g/mol. The summed E-state index contributed by atoms with van der Waals surface area (Å²) in [5.41, 5.74) is 0. The van der Waals surface area contributed by atoms with Crippen LogP contribution in [0.25, 0.3) is 0 Å². The molecular formula is C60H112O6. The Balaban J connectivity index is 3.99. The van der Waals surface area contributed by atoms with E-state index in [0.29, 0.717) is 19.3 Å². The first-order chi connectivity index (χ1) is 32.5. The third-order valence-corrected chi connectivity index (χ3v) is 13.2. The molecule has 0 saturated carbocycles. The predicted octanol–water partition coefficient (Wildman–Crippen LogP) is 19.5. The molecule has 0 spiro atoms. The maximum Gasteiger partial charge on any atom is 0.306 e. The lowest BCUT2D eigenvalue weighted by Crippen LogP contribution is -2.30. The monoisotopic (exact) mass is 929 g/mol. The third-order valence-electron chi connectivity index (χ3n) is 13.2. The molecule has 0 rings (SSSR count). The van der Waals surface area contributed by atoms with Crippen LogP contribution >= 0.6 is 0 Å². The van der Waals surface area contributed by atoms with E-state index in [0.717, 1.165) is 64.2 Å². The number of esters is 3. The smallest absolute Gasteiger partial charge is 0.306 e. The molecule has 0 aromatic carbocycles. The van der Waals surface area contributed by atoms with Crippen LogP contribution in [0.1, 0.15) is 323 Å². The number of hydrogen-bond donors (Lipinski definition) is 0. The molecule has 0 heterocycles. The van der Waals surface area contributed by atoms with E-state index >= 15 is 0 Å². The minimum atomic E-state index is -0.762. The summed E-state index contributed by atoms with van der Waals surface area (Å²) in [6, 6.07) is 0. The summed E-state index contributed by atoms with van der Waals surface area (Å²) in [5, 5.41) is 0. The summed E-state index contributed by atoms with van der Waals surface area (Å²) in [6.07, 6.45) is 64.9. The van der Waals surface area contributed by atoms with E-state index in [1.165, 1.54) is 218 Å². The molecule has 0 aliphatic heterocycles. The van der Waals surface area contributed by atoms with Crippen LogP contribution in [0.3, 0.4) is 0 Å². The zero-order chi connectivity index (χ0) is 47.9. The quantitative estimate of drug-likeness (QED) is 0.0262. The summed E-state index contributed by atoms with van der Waals surface area (Å²) >= 11 is 0. The number of rotatable bonds is 54. The van der Waals surface area contributed by atoms with E-state index < -0.39 is 6.10 Å². The highest BCUT2D eigenvalue weighted by molar-refractivity contribution is 5.71. The van der Waals surface area contributed by atoms with E-state index in [1.54, 1.807) is 0 Å². The lowest BCUT2D eigenvalue weighted by Gasteiger charge is -2.18. The van der Waals surface area contributed by atoms with Gasteiger partial charge in [-0.25, -0.2) is 0 Å². The van der Waals surface area contributed by atoms with Gasteiger partial charge in [-0.3, -0.25) is 14.4 Å². The first-order valence-electron chi connectivity index (χ1n) is 29.3. The summed E-state index contributed by atoms with van der Waals surface area (Å²) < 4.78 is 16.8. The highest BCUT2D eigenvalue weighted by Crippen LogP contribution is 2.17. The summed E-state index contributed by atoms with van der Waals surface area (Å²) in [5.74, 6) is -0.853. The Kier molecular flexibility index (Phi) is 53.7. The van der Waals surface area contributed by atoms with Crippen molar-refractivity contribution in [3.63, 3.8) is 0 Å². The van der Waals surface area contributed by atoms with Crippen LogP contribution in [-0.2, 0) is 28.6 Å². The zero-order valence-electron chi connectivity index (χ0n) is 44.5. The summed E-state index contributed by atoms with van der Waals surface area (Å²) in [6.45, 7) is 6.63. The molecule has 66 heavy (non-hydrogen) atoms. The number of hydrogen-bond acceptors (Lipinski definition) is 6. The maximum atomic E-state index is 12.7. The fourth-order valence-corrected chi connectivity index (χ4v) is 8.77. The van der Waals surface area contributed by atoms with Gasteiger partial charge in [0.05, 0.1) is 0 Å². The second-order valence-corrected chi connectivity index (χ2v) is 19.9. The number of allylic oxidation sites excluding steroid dienone is 4. The van der Waals surface area contributed by atoms with Gasteiger partial charge in [0.2, 0.25) is 0 Å². The fraction of sp³-hybridized carbons (Fsp3) is 0.883. The molecule has 0 saturated heterocycles. The minimum Gasteiger partial charge on any atom is -0.462 e. The first kappa shape index (κ1) is 63.9. The molecule has 0 aliphatic rings. The van der Waals surface area contributed by atoms with E-state index in [2.05, 4.69) is 45.1 Å². The van der Waals surface area contributed by atoms with Crippen LogP contribution in [0.2, 0.25) is 0 Å². The SMILES string of the molecule is CCCCCCC/C=C\C/C=C\CCCCCCCCCCCCCCCCCCCC(=O)OCC(COC(=O)CCCCCCCCCC)OC(=O)CCCCCCCCCCCCC. The Morgan fingerprint density at radius 3 is 0.833 bits per heavy atom. The molecule has 0 bridgehead atoms. The Morgan fingerprint density at radius 1 is 0.303 bits per heavy atom. The summed E-state index contributed by atoms with van der Waals surface area (Å²) in [7, 11) is 0. The minimum absolute atomic E-state index is 0.0653. The standard InChI is InChI=1S/C60H112O6/c1-4-7-10-13-16-19-21-22-23-24-25-26-27-28-29-30-31-32-33-34-35-36-37-38-40-41-44-47-50-53-59(62)65-56-57(55-64-58(61)52-49-46-43-18-15-12-9-6-3)66-60(63)54-51-48-45-42-39-20-17-14-11-8-5-2/h21-22,24-25,57H,4-20,23,26-56H2,1-3H3/b22-21-,25-24-. The molecule has 0 radical (unpaired) electrons. The molecule has 0 aromatic heterocycles. The van der Waals surface area contributed by atoms with Crippen LogP contribution in [0.4, 0.5) is 0 Å². The third kappa shape index (κ3) is 52.9. The van der Waals surface area contributed by atoms with Crippen molar-refractivity contribution in [3.05, 3.63) is 24.3 Å². The van der Waals surface area contributed by atoms with Crippen molar-refractivity contribution >= 4 is 17.9 Å². The molecule has 0 aromatic rings. The Hall–Kier alpha value is -2.11. The average Bonchev–Trinajstić information content (AvgIpc) is 3.31. The Labute approximate surface area is 411 Å². The van der Waals surface area contributed by atoms with Gasteiger partial charge < -0.3 is 14.2 Å². The van der Waals surface area contributed by atoms with Gasteiger partial charge in [0.15, 0.2) is 6.10 Å². The van der Waals surface area contributed by atoms with Gasteiger partial charge in [0, 0.05) is 19.3 Å². The normalized spacial score (nSPS) is 12.1. The van der Waals surface area contributed by atoms with E-state index in [-0.39, 0.29) is 31.1 Å². The molecule has 0 amide bonds. The molecule has 0 N–H and O–H groups in total. The number of carbonyl (C=O) groups excluding carboxylic acids is 3. The van der Waals surface area contributed by atoms with Gasteiger partial charge in [0.25, 0.3) is 0 Å². The lowest BCUT2D eigenvalue weighted by molar-refractivity contribution is -0.167. The van der Waals surface area contributed by atoms with Crippen molar-refractivity contribution in [1.29, 1.82) is 0 Å². The highest BCUT2D eigenvalue weighted by Gasteiger charge is 2.19. The topological polar surface area (TPSA) is 78.9 Å². The molecule has 1 atom stereocenters. The molecule has 1 unspecified atom stereocenters. The molecular weight excluding hydrogens is 817 g/mol. The van der Waals surface area contributed by atoms with E-state index in [1.807, 2.05) is 0 Å². The number of unbranched alkanes of at least 4 members (excludes halogenated alkanes) is 39.